The SMILES string of the molecule is CCCC(=O)OC[C@@H](CN)OC(=O)CCC. The predicted octanol–water partition coefficient (Wildman–Crippen LogP) is 1.00. The zero-order valence-corrected chi connectivity index (χ0v) is 10.0. The van der Waals surface area contributed by atoms with E-state index in [1.54, 1.807) is 0 Å². The summed E-state index contributed by atoms with van der Waals surface area (Å²) in [4.78, 5) is 22.2. The number of nitrogens with two attached hydrogens (primary N) is 1. The van der Waals surface area contributed by atoms with Crippen LogP contribution in [0.5, 0.6) is 0 Å². The van der Waals surface area contributed by atoms with Crippen molar-refractivity contribution in [3.63, 3.8) is 0 Å². The van der Waals surface area contributed by atoms with Crippen LogP contribution in [0.4, 0.5) is 0 Å². The largest absolute Gasteiger partial charge is 0.462 e. The van der Waals surface area contributed by atoms with Crippen molar-refractivity contribution in [1.29, 1.82) is 0 Å². The molecule has 0 saturated carbocycles. The Morgan fingerprint density at radius 2 is 1.69 bits per heavy atom. The van der Waals surface area contributed by atoms with Crippen molar-refractivity contribution in [3.05, 3.63) is 0 Å². The van der Waals surface area contributed by atoms with Gasteiger partial charge in [0.15, 0.2) is 0 Å². The van der Waals surface area contributed by atoms with Gasteiger partial charge < -0.3 is 15.2 Å². The van der Waals surface area contributed by atoms with Crippen molar-refractivity contribution in [3.8, 4) is 0 Å². The molecule has 2 N–H and O–H groups in total. The van der Waals surface area contributed by atoms with Crippen LogP contribution in [0.3, 0.4) is 0 Å². The maximum Gasteiger partial charge on any atom is 0.306 e. The zero-order valence-electron chi connectivity index (χ0n) is 10.0. The number of carbonyl (C=O) groups excluding carboxylic acids is 2. The summed E-state index contributed by atoms with van der Waals surface area (Å²) >= 11 is 0. The van der Waals surface area contributed by atoms with Gasteiger partial charge in [-0.2, -0.15) is 0 Å². The lowest BCUT2D eigenvalue weighted by Crippen LogP contribution is -2.32. The Hall–Kier alpha value is -1.10. The van der Waals surface area contributed by atoms with Crippen molar-refractivity contribution in [2.75, 3.05) is 13.2 Å². The molecule has 0 rings (SSSR count). The molecule has 94 valence electrons. The molecule has 16 heavy (non-hydrogen) atoms. The van der Waals surface area contributed by atoms with Crippen molar-refractivity contribution >= 4 is 11.9 Å². The van der Waals surface area contributed by atoms with Crippen LogP contribution in [-0.4, -0.2) is 31.2 Å². The summed E-state index contributed by atoms with van der Waals surface area (Å²) < 4.78 is 9.95. The molecule has 0 aromatic heterocycles. The van der Waals surface area contributed by atoms with Gasteiger partial charge in [-0.3, -0.25) is 9.59 Å². The molecule has 0 radical (unpaired) electrons. The Labute approximate surface area is 96.3 Å². The molecule has 1 atom stereocenters. The van der Waals surface area contributed by atoms with E-state index in [-0.39, 0.29) is 25.1 Å². The first-order valence-electron chi connectivity index (χ1n) is 5.69. The molecule has 0 aliphatic rings. The number of hydrogen-bond donors (Lipinski definition) is 1. The average Bonchev–Trinajstić information content (AvgIpc) is 2.25. The summed E-state index contributed by atoms with van der Waals surface area (Å²) in [6.45, 7) is 3.99. The van der Waals surface area contributed by atoms with Gasteiger partial charge in [0.2, 0.25) is 0 Å². The van der Waals surface area contributed by atoms with E-state index < -0.39 is 6.10 Å². The Bertz CT molecular complexity index is 218. The van der Waals surface area contributed by atoms with Crippen molar-refractivity contribution < 1.29 is 19.1 Å². The molecular formula is C11H21NO4. The van der Waals surface area contributed by atoms with Crippen LogP contribution in [0.15, 0.2) is 0 Å². The maximum atomic E-state index is 11.2. The fourth-order valence-electron chi connectivity index (χ4n) is 1.06. The minimum Gasteiger partial charge on any atom is -0.462 e. The van der Waals surface area contributed by atoms with Gasteiger partial charge in [-0.05, 0) is 12.8 Å². The lowest BCUT2D eigenvalue weighted by atomic mass is 10.3. The van der Waals surface area contributed by atoms with Gasteiger partial charge in [-0.1, -0.05) is 13.8 Å². The molecule has 0 aromatic carbocycles. The second kappa shape index (κ2) is 9.15. The highest BCUT2D eigenvalue weighted by molar-refractivity contribution is 5.70. The Morgan fingerprint density at radius 1 is 1.12 bits per heavy atom. The molecule has 0 heterocycles. The third kappa shape index (κ3) is 7.23. The molecule has 0 aliphatic carbocycles. The molecule has 0 aliphatic heterocycles. The molecule has 0 aromatic rings. The topological polar surface area (TPSA) is 78.6 Å². The third-order valence-electron chi connectivity index (χ3n) is 1.90. The lowest BCUT2D eigenvalue weighted by Gasteiger charge is -2.15. The molecule has 0 unspecified atom stereocenters. The first-order valence-corrected chi connectivity index (χ1v) is 5.69. The van der Waals surface area contributed by atoms with Gasteiger partial charge in [0.25, 0.3) is 0 Å². The molecule has 5 nitrogen and oxygen atoms in total. The Balaban J connectivity index is 3.82. The first-order chi connectivity index (χ1) is 7.63. The van der Waals surface area contributed by atoms with E-state index in [1.165, 1.54) is 0 Å². The number of esters is 2. The normalized spacial score (nSPS) is 11.9. The molecule has 0 amide bonds. The van der Waals surface area contributed by atoms with E-state index in [9.17, 15) is 9.59 Å². The van der Waals surface area contributed by atoms with Gasteiger partial charge in [-0.25, -0.2) is 0 Å². The lowest BCUT2D eigenvalue weighted by molar-refractivity contribution is -0.158. The number of carbonyl (C=O) groups is 2. The molecule has 0 spiro atoms. The van der Waals surface area contributed by atoms with Gasteiger partial charge >= 0.3 is 11.9 Å². The third-order valence-corrected chi connectivity index (χ3v) is 1.90. The first kappa shape index (κ1) is 14.9. The summed E-state index contributed by atoms with van der Waals surface area (Å²) in [5, 5.41) is 0. The summed E-state index contributed by atoms with van der Waals surface area (Å²) in [5.41, 5.74) is 5.41. The van der Waals surface area contributed by atoms with E-state index >= 15 is 0 Å². The number of hydrogen-bond acceptors (Lipinski definition) is 5. The van der Waals surface area contributed by atoms with E-state index in [4.69, 9.17) is 15.2 Å². The van der Waals surface area contributed by atoms with E-state index in [1.807, 2.05) is 13.8 Å². The van der Waals surface area contributed by atoms with E-state index in [2.05, 4.69) is 0 Å². The van der Waals surface area contributed by atoms with E-state index in [0.29, 0.717) is 12.8 Å². The van der Waals surface area contributed by atoms with E-state index in [0.717, 1.165) is 12.8 Å². The Kier molecular flexibility index (Phi) is 8.52. The zero-order chi connectivity index (χ0) is 12.4. The van der Waals surface area contributed by atoms with Crippen LogP contribution in [0.25, 0.3) is 0 Å². The average molecular weight is 231 g/mol. The van der Waals surface area contributed by atoms with Gasteiger partial charge in [-0.15, -0.1) is 0 Å². The molecule has 0 fully saturated rings. The van der Waals surface area contributed by atoms with Crippen LogP contribution in [0.2, 0.25) is 0 Å². The van der Waals surface area contributed by atoms with Crippen molar-refractivity contribution in [2.24, 2.45) is 5.73 Å². The highest BCUT2D eigenvalue weighted by atomic mass is 16.6. The quantitative estimate of drug-likeness (QED) is 0.630. The second-order valence-corrected chi connectivity index (χ2v) is 3.53. The minimum atomic E-state index is -0.528. The molecule has 0 saturated heterocycles. The predicted molar refractivity (Wildman–Crippen MR) is 59.7 cm³/mol. The summed E-state index contributed by atoms with van der Waals surface area (Å²) in [6.07, 6.45) is 1.67. The monoisotopic (exact) mass is 231 g/mol. The minimum absolute atomic E-state index is 0.0464. The van der Waals surface area contributed by atoms with Gasteiger partial charge in [0, 0.05) is 19.4 Å². The van der Waals surface area contributed by atoms with Gasteiger partial charge in [0.1, 0.15) is 12.7 Å². The standard InChI is InChI=1S/C11H21NO4/c1-3-5-10(13)15-8-9(7-12)16-11(14)6-4-2/h9H,3-8,12H2,1-2H3/t9-/m1/s1. The van der Waals surface area contributed by atoms with Crippen molar-refractivity contribution in [2.45, 2.75) is 45.6 Å². The van der Waals surface area contributed by atoms with Crippen LogP contribution in [-0.2, 0) is 19.1 Å². The highest BCUT2D eigenvalue weighted by Crippen LogP contribution is 1.99. The number of ether oxygens (including phenoxy) is 2. The molecule has 5 heteroatoms. The van der Waals surface area contributed by atoms with Crippen LogP contribution < -0.4 is 5.73 Å². The smallest absolute Gasteiger partial charge is 0.306 e. The Morgan fingerprint density at radius 3 is 2.19 bits per heavy atom. The van der Waals surface area contributed by atoms with Crippen LogP contribution in [0, 0.1) is 0 Å². The fraction of sp³-hybridized carbons (Fsp3) is 0.818. The summed E-state index contributed by atoms with van der Waals surface area (Å²) in [5.74, 6) is -0.586. The molecular weight excluding hydrogens is 210 g/mol. The van der Waals surface area contributed by atoms with Crippen molar-refractivity contribution in [1.82, 2.24) is 0 Å². The second-order valence-electron chi connectivity index (χ2n) is 3.53. The van der Waals surface area contributed by atoms with Gasteiger partial charge in [0.05, 0.1) is 0 Å². The van der Waals surface area contributed by atoms with Crippen LogP contribution in [0.1, 0.15) is 39.5 Å². The summed E-state index contributed by atoms with van der Waals surface area (Å²) in [7, 11) is 0. The number of rotatable bonds is 8. The molecule has 0 bridgehead atoms. The summed E-state index contributed by atoms with van der Waals surface area (Å²) in [6, 6.07) is 0. The van der Waals surface area contributed by atoms with Crippen LogP contribution >= 0.6 is 0 Å². The highest BCUT2D eigenvalue weighted by Gasteiger charge is 2.14. The fourth-order valence-corrected chi connectivity index (χ4v) is 1.06. The maximum absolute atomic E-state index is 11.2.